The molecule has 164 valence electrons. The van der Waals surface area contributed by atoms with Gasteiger partial charge in [0.1, 0.15) is 4.90 Å². The van der Waals surface area contributed by atoms with Crippen LogP contribution in [0.3, 0.4) is 0 Å². The minimum Gasteiger partial charge on any atom is -0.339 e. The van der Waals surface area contributed by atoms with E-state index in [1.165, 1.54) is 6.92 Å². The van der Waals surface area contributed by atoms with E-state index in [2.05, 4.69) is 9.82 Å². The van der Waals surface area contributed by atoms with Crippen molar-refractivity contribution in [1.29, 1.82) is 0 Å². The number of carbonyl (C=O) groups is 1. The van der Waals surface area contributed by atoms with Crippen LogP contribution in [-0.2, 0) is 10.0 Å². The van der Waals surface area contributed by atoms with Crippen molar-refractivity contribution in [2.45, 2.75) is 44.6 Å². The molecule has 0 spiro atoms. The lowest BCUT2D eigenvalue weighted by molar-refractivity contribution is 0.0541. The fourth-order valence-electron chi connectivity index (χ4n) is 3.65. The third-order valence-electron chi connectivity index (χ3n) is 5.52. The molecule has 1 amide bonds. The Labute approximate surface area is 175 Å². The van der Waals surface area contributed by atoms with E-state index in [4.69, 9.17) is 0 Å². The number of piperidine rings is 1. The lowest BCUT2D eigenvalue weighted by Crippen LogP contribution is -2.39. The molecule has 1 aromatic carbocycles. The predicted octanol–water partition coefficient (Wildman–Crippen LogP) is 3.12. The number of nitrogens with zero attached hydrogens (tertiary/aromatic N) is 3. The van der Waals surface area contributed by atoms with Gasteiger partial charge in [-0.3, -0.25) is 4.79 Å². The summed E-state index contributed by atoms with van der Waals surface area (Å²) in [6.07, 6.45) is 3.15. The van der Waals surface area contributed by atoms with Gasteiger partial charge in [0.05, 0.1) is 11.9 Å². The van der Waals surface area contributed by atoms with Crippen molar-refractivity contribution < 1.29 is 22.0 Å². The highest BCUT2D eigenvalue weighted by Gasteiger charge is 2.26. The summed E-state index contributed by atoms with van der Waals surface area (Å²) in [7, 11) is -3.90. The maximum Gasteiger partial charge on any atom is 0.333 e. The van der Waals surface area contributed by atoms with Gasteiger partial charge >= 0.3 is 6.55 Å². The zero-order valence-electron chi connectivity index (χ0n) is 17.0. The van der Waals surface area contributed by atoms with Crippen LogP contribution in [0.4, 0.5) is 8.78 Å². The minimum absolute atomic E-state index is 0.0145. The molecule has 1 fully saturated rings. The number of benzene rings is 1. The van der Waals surface area contributed by atoms with Crippen molar-refractivity contribution in [2.24, 2.45) is 5.92 Å². The molecule has 1 aliphatic rings. The van der Waals surface area contributed by atoms with Crippen molar-refractivity contribution in [1.82, 2.24) is 19.4 Å². The van der Waals surface area contributed by atoms with Gasteiger partial charge in [0.25, 0.3) is 5.91 Å². The summed E-state index contributed by atoms with van der Waals surface area (Å²) in [4.78, 5) is 14.2. The van der Waals surface area contributed by atoms with Gasteiger partial charge in [-0.15, -0.1) is 0 Å². The van der Waals surface area contributed by atoms with Crippen LogP contribution >= 0.6 is 0 Å². The Hall–Kier alpha value is -2.33. The van der Waals surface area contributed by atoms with Crippen molar-refractivity contribution >= 4 is 15.9 Å². The van der Waals surface area contributed by atoms with Crippen LogP contribution in [0.2, 0.25) is 0 Å². The summed E-state index contributed by atoms with van der Waals surface area (Å²) in [5, 5.41) is 3.44. The highest BCUT2D eigenvalue weighted by atomic mass is 32.2. The number of hydrogen-bond acceptors (Lipinski definition) is 4. The molecule has 1 N–H and O–H groups in total. The van der Waals surface area contributed by atoms with Gasteiger partial charge in [0.2, 0.25) is 10.0 Å². The topological polar surface area (TPSA) is 84.3 Å². The minimum atomic E-state index is -3.90. The summed E-state index contributed by atoms with van der Waals surface area (Å²) in [6, 6.07) is 7.49. The molecule has 0 aliphatic carbocycles. The molecular weight excluding hydrogens is 414 g/mol. The van der Waals surface area contributed by atoms with Gasteiger partial charge < -0.3 is 4.90 Å². The number of amides is 1. The third kappa shape index (κ3) is 5.04. The summed E-state index contributed by atoms with van der Waals surface area (Å²) in [5.74, 6) is 0.306. The number of carbonyl (C=O) groups excluding carboxylic acids is 1. The molecule has 2 aromatic rings. The molecule has 0 saturated carbocycles. The fourth-order valence-corrected chi connectivity index (χ4v) is 4.86. The normalized spacial score (nSPS) is 15.7. The molecule has 1 aliphatic heterocycles. The molecule has 0 unspecified atom stereocenters. The number of aromatic nitrogens is 2. The predicted molar refractivity (Wildman–Crippen MR) is 108 cm³/mol. The van der Waals surface area contributed by atoms with E-state index < -0.39 is 16.6 Å². The average molecular weight is 441 g/mol. The fraction of sp³-hybridized carbons (Fsp3) is 0.500. The van der Waals surface area contributed by atoms with Crippen LogP contribution < -0.4 is 4.72 Å². The van der Waals surface area contributed by atoms with E-state index in [-0.39, 0.29) is 23.0 Å². The second-order valence-corrected chi connectivity index (χ2v) is 9.34. The number of aryl methyl sites for hydroxylation is 1. The Morgan fingerprint density at radius 3 is 2.40 bits per heavy atom. The molecule has 10 heteroatoms. The number of hydrogen-bond donors (Lipinski definition) is 1. The number of sulfonamides is 1. The largest absolute Gasteiger partial charge is 0.339 e. The lowest BCUT2D eigenvalue weighted by atomic mass is 9.93. The van der Waals surface area contributed by atoms with Crippen molar-refractivity contribution in [3.63, 3.8) is 0 Å². The van der Waals surface area contributed by atoms with E-state index in [0.717, 1.165) is 24.6 Å². The van der Waals surface area contributed by atoms with Gasteiger partial charge in [-0.25, -0.2) is 17.8 Å². The summed E-state index contributed by atoms with van der Waals surface area (Å²) in [5.41, 5.74) is 1.68. The second-order valence-electron chi connectivity index (χ2n) is 7.60. The first-order valence-corrected chi connectivity index (χ1v) is 11.3. The Morgan fingerprint density at radius 1 is 1.20 bits per heavy atom. The van der Waals surface area contributed by atoms with E-state index in [1.807, 2.05) is 36.1 Å². The Bertz CT molecular complexity index is 982. The van der Waals surface area contributed by atoms with E-state index in [9.17, 15) is 22.0 Å². The van der Waals surface area contributed by atoms with Gasteiger partial charge in [0, 0.05) is 25.2 Å². The van der Waals surface area contributed by atoms with Crippen LogP contribution in [0.5, 0.6) is 0 Å². The van der Waals surface area contributed by atoms with Crippen LogP contribution in [-0.4, -0.2) is 48.6 Å². The molecule has 1 aromatic heterocycles. The zero-order valence-corrected chi connectivity index (χ0v) is 17.8. The number of rotatable bonds is 7. The molecule has 30 heavy (non-hydrogen) atoms. The standard InChI is InChI=1S/C20H26F2N4O3S/c1-14-3-5-17(6-4-14)19(27)25-11-8-16(9-12-25)7-10-24-30(28,29)18-13-23-26(15(18)2)20(21)22/h3-6,13,16,20,24H,7-12H2,1-2H3. The summed E-state index contributed by atoms with van der Waals surface area (Å²) < 4.78 is 53.2. The van der Waals surface area contributed by atoms with Crippen molar-refractivity contribution in [3.8, 4) is 0 Å². The SMILES string of the molecule is Cc1ccc(C(=O)N2CCC(CCNS(=O)(=O)c3cnn(C(F)F)c3C)CC2)cc1. The summed E-state index contributed by atoms with van der Waals surface area (Å²) in [6.45, 7) is 1.85. The molecule has 1 saturated heterocycles. The molecule has 2 heterocycles. The zero-order chi connectivity index (χ0) is 21.9. The Morgan fingerprint density at radius 2 is 1.83 bits per heavy atom. The summed E-state index contributed by atoms with van der Waals surface area (Å²) >= 11 is 0. The smallest absolute Gasteiger partial charge is 0.333 e. The van der Waals surface area contributed by atoms with Crippen molar-refractivity contribution in [2.75, 3.05) is 19.6 Å². The van der Waals surface area contributed by atoms with Gasteiger partial charge in [-0.05, 0) is 51.2 Å². The first kappa shape index (κ1) is 22.4. The molecule has 7 nitrogen and oxygen atoms in total. The van der Waals surface area contributed by atoms with Gasteiger partial charge in [-0.1, -0.05) is 17.7 Å². The van der Waals surface area contributed by atoms with Gasteiger partial charge in [0.15, 0.2) is 0 Å². The highest BCUT2D eigenvalue weighted by molar-refractivity contribution is 7.89. The number of nitrogens with one attached hydrogen (secondary N) is 1. The molecule has 3 rings (SSSR count). The highest BCUT2D eigenvalue weighted by Crippen LogP contribution is 2.23. The number of halogens is 2. The van der Waals surface area contributed by atoms with Crippen LogP contribution in [0, 0.1) is 19.8 Å². The maximum atomic E-state index is 12.8. The first-order chi connectivity index (χ1) is 14.2. The lowest BCUT2D eigenvalue weighted by Gasteiger charge is -2.32. The van der Waals surface area contributed by atoms with E-state index >= 15 is 0 Å². The van der Waals surface area contributed by atoms with E-state index in [1.54, 1.807) is 0 Å². The van der Waals surface area contributed by atoms with Gasteiger partial charge in [-0.2, -0.15) is 13.9 Å². The third-order valence-corrected chi connectivity index (χ3v) is 7.08. The van der Waals surface area contributed by atoms with E-state index in [0.29, 0.717) is 35.7 Å². The number of likely N-dealkylation sites (tertiary alicyclic amines) is 1. The maximum absolute atomic E-state index is 12.8. The van der Waals surface area contributed by atoms with Crippen LogP contribution in [0.15, 0.2) is 35.4 Å². The average Bonchev–Trinajstić information content (AvgIpc) is 3.11. The van der Waals surface area contributed by atoms with Crippen LogP contribution in [0.25, 0.3) is 0 Å². The van der Waals surface area contributed by atoms with Crippen molar-refractivity contribution in [3.05, 3.63) is 47.3 Å². The molecule has 0 radical (unpaired) electrons. The Kier molecular flexibility index (Phi) is 6.87. The Balaban J connectivity index is 1.48. The first-order valence-electron chi connectivity index (χ1n) is 9.87. The molecular formula is C20H26F2N4O3S. The monoisotopic (exact) mass is 440 g/mol. The van der Waals surface area contributed by atoms with Crippen LogP contribution in [0.1, 0.15) is 47.4 Å². The second kappa shape index (κ2) is 9.22. The number of alkyl halides is 2. The molecule has 0 atom stereocenters. The molecule has 0 bridgehead atoms. The quantitative estimate of drug-likeness (QED) is 0.717.